The second kappa shape index (κ2) is 10.8. The van der Waals surface area contributed by atoms with E-state index in [4.69, 9.17) is 9.47 Å². The summed E-state index contributed by atoms with van der Waals surface area (Å²) in [4.78, 5) is 25.2. The summed E-state index contributed by atoms with van der Waals surface area (Å²) in [6, 6.07) is 18.1. The number of nitrogens with zero attached hydrogens (tertiary/aromatic N) is 2. The van der Waals surface area contributed by atoms with Crippen LogP contribution in [0.15, 0.2) is 76.8 Å². The van der Waals surface area contributed by atoms with Gasteiger partial charge in [-0.15, -0.1) is 0 Å². The Kier molecular flexibility index (Phi) is 7.59. The van der Waals surface area contributed by atoms with Crippen molar-refractivity contribution in [3.8, 4) is 11.5 Å². The van der Waals surface area contributed by atoms with Crippen LogP contribution in [0.3, 0.4) is 0 Å². The summed E-state index contributed by atoms with van der Waals surface area (Å²) in [6.07, 6.45) is 3.14. The normalized spacial score (nSPS) is 10.8. The molecule has 1 N–H and O–H groups in total. The van der Waals surface area contributed by atoms with E-state index in [2.05, 4.69) is 10.5 Å². The largest absolute Gasteiger partial charge is 0.490 e. The number of benzene rings is 2. The van der Waals surface area contributed by atoms with Gasteiger partial charge >= 0.3 is 0 Å². The van der Waals surface area contributed by atoms with Gasteiger partial charge in [-0.3, -0.25) is 9.59 Å². The maximum Gasteiger partial charge on any atom is 0.276 e. The van der Waals surface area contributed by atoms with Crippen LogP contribution in [0.1, 0.15) is 35.3 Å². The van der Waals surface area contributed by atoms with Gasteiger partial charge in [0.1, 0.15) is 5.56 Å². The Morgan fingerprint density at radius 3 is 2.48 bits per heavy atom. The molecule has 0 saturated heterocycles. The highest BCUT2D eigenvalue weighted by atomic mass is 16.5. The highest BCUT2D eigenvalue weighted by Gasteiger charge is 2.12. The van der Waals surface area contributed by atoms with E-state index in [9.17, 15) is 9.59 Å². The van der Waals surface area contributed by atoms with Crippen molar-refractivity contribution >= 4 is 12.1 Å². The Bertz CT molecular complexity index is 1110. The monoisotopic (exact) mass is 419 g/mol. The quantitative estimate of drug-likeness (QED) is 0.425. The molecule has 0 radical (unpaired) electrons. The van der Waals surface area contributed by atoms with E-state index in [0.717, 1.165) is 11.1 Å². The fraction of sp³-hybridized carbons (Fsp3) is 0.208. The van der Waals surface area contributed by atoms with Crippen LogP contribution < -0.4 is 20.5 Å². The summed E-state index contributed by atoms with van der Waals surface area (Å²) in [5.41, 5.74) is 3.76. The summed E-state index contributed by atoms with van der Waals surface area (Å²) in [7, 11) is 0. The smallest absolute Gasteiger partial charge is 0.276 e. The first kappa shape index (κ1) is 21.8. The Balaban J connectivity index is 1.71. The fourth-order valence-electron chi connectivity index (χ4n) is 2.99. The standard InChI is InChI=1S/C24H25N3O4/c1-3-30-21-13-12-19(15-22(21)31-4-2)16-25-26-23(28)20-11-8-14-27(24(20)29)17-18-9-6-5-7-10-18/h5-16H,3-4,17H2,1-2H3,(H,26,28)/b25-16-. The van der Waals surface area contributed by atoms with Crippen LogP contribution in [0, 0.1) is 0 Å². The summed E-state index contributed by atoms with van der Waals surface area (Å²) >= 11 is 0. The number of hydrogen-bond acceptors (Lipinski definition) is 5. The van der Waals surface area contributed by atoms with Crippen LogP contribution in [-0.4, -0.2) is 29.9 Å². The zero-order valence-electron chi connectivity index (χ0n) is 17.6. The van der Waals surface area contributed by atoms with Crippen molar-refractivity contribution < 1.29 is 14.3 Å². The zero-order chi connectivity index (χ0) is 22.1. The molecular weight excluding hydrogens is 394 g/mol. The molecule has 0 aliphatic rings. The van der Waals surface area contributed by atoms with E-state index in [1.54, 1.807) is 30.5 Å². The third kappa shape index (κ3) is 5.82. The fourth-order valence-corrected chi connectivity index (χ4v) is 2.99. The summed E-state index contributed by atoms with van der Waals surface area (Å²) in [5, 5.41) is 3.98. The minimum atomic E-state index is -0.570. The van der Waals surface area contributed by atoms with E-state index >= 15 is 0 Å². The number of aromatic nitrogens is 1. The van der Waals surface area contributed by atoms with E-state index < -0.39 is 5.91 Å². The molecule has 1 amide bonds. The third-order valence-corrected chi connectivity index (χ3v) is 4.41. The molecule has 7 heteroatoms. The first-order chi connectivity index (χ1) is 15.1. The van der Waals surface area contributed by atoms with Gasteiger partial charge in [0, 0.05) is 6.20 Å². The molecular formula is C24H25N3O4. The van der Waals surface area contributed by atoms with Crippen molar-refractivity contribution in [2.24, 2.45) is 5.10 Å². The molecule has 0 spiro atoms. The summed E-state index contributed by atoms with van der Waals surface area (Å²) < 4.78 is 12.6. The number of pyridine rings is 1. The topological polar surface area (TPSA) is 81.9 Å². The molecule has 0 atom stereocenters. The maximum absolute atomic E-state index is 12.7. The number of amides is 1. The lowest BCUT2D eigenvalue weighted by Gasteiger charge is -2.11. The van der Waals surface area contributed by atoms with Crippen molar-refractivity contribution in [2.45, 2.75) is 20.4 Å². The minimum absolute atomic E-state index is 0.0253. The van der Waals surface area contributed by atoms with Gasteiger partial charge in [-0.25, -0.2) is 5.43 Å². The van der Waals surface area contributed by atoms with Crippen LogP contribution in [-0.2, 0) is 6.54 Å². The summed E-state index contributed by atoms with van der Waals surface area (Å²) in [6.45, 7) is 5.21. The molecule has 0 saturated carbocycles. The van der Waals surface area contributed by atoms with Crippen LogP contribution in [0.25, 0.3) is 0 Å². The lowest BCUT2D eigenvalue weighted by molar-refractivity contribution is 0.0953. The lowest BCUT2D eigenvalue weighted by atomic mass is 10.2. The number of rotatable bonds is 9. The van der Waals surface area contributed by atoms with Crippen molar-refractivity contribution in [3.63, 3.8) is 0 Å². The molecule has 31 heavy (non-hydrogen) atoms. The molecule has 0 fully saturated rings. The van der Waals surface area contributed by atoms with Crippen LogP contribution >= 0.6 is 0 Å². The minimum Gasteiger partial charge on any atom is -0.490 e. The van der Waals surface area contributed by atoms with Crippen molar-refractivity contribution in [1.82, 2.24) is 9.99 Å². The van der Waals surface area contributed by atoms with Crippen molar-refractivity contribution in [3.05, 3.63) is 93.9 Å². The van der Waals surface area contributed by atoms with Crippen molar-refractivity contribution in [1.29, 1.82) is 0 Å². The molecule has 0 unspecified atom stereocenters. The molecule has 3 rings (SSSR count). The molecule has 7 nitrogen and oxygen atoms in total. The van der Waals surface area contributed by atoms with Crippen LogP contribution in [0.2, 0.25) is 0 Å². The van der Waals surface area contributed by atoms with Gasteiger partial charge in [-0.05, 0) is 55.3 Å². The highest BCUT2D eigenvalue weighted by molar-refractivity contribution is 5.94. The van der Waals surface area contributed by atoms with Crippen LogP contribution in [0.5, 0.6) is 11.5 Å². The first-order valence-corrected chi connectivity index (χ1v) is 10.1. The van der Waals surface area contributed by atoms with Gasteiger partial charge in [0.2, 0.25) is 0 Å². The SMILES string of the molecule is CCOc1ccc(/C=N\NC(=O)c2cccn(Cc3ccccc3)c2=O)cc1OCC. The van der Waals surface area contributed by atoms with Gasteiger partial charge in [0.05, 0.1) is 26.0 Å². The second-order valence-corrected chi connectivity index (χ2v) is 6.61. The first-order valence-electron chi connectivity index (χ1n) is 10.1. The predicted molar refractivity (Wildman–Crippen MR) is 120 cm³/mol. The van der Waals surface area contributed by atoms with Gasteiger partial charge < -0.3 is 14.0 Å². The predicted octanol–water partition coefficient (Wildman–Crippen LogP) is 3.46. The van der Waals surface area contributed by atoms with Gasteiger partial charge in [0.25, 0.3) is 11.5 Å². The molecule has 160 valence electrons. The molecule has 1 aromatic heterocycles. The zero-order valence-corrected chi connectivity index (χ0v) is 17.6. The van der Waals surface area contributed by atoms with Crippen molar-refractivity contribution in [2.75, 3.05) is 13.2 Å². The van der Waals surface area contributed by atoms with E-state index in [-0.39, 0.29) is 11.1 Å². The molecule has 0 aliphatic carbocycles. The molecule has 3 aromatic rings. The maximum atomic E-state index is 12.7. The number of hydrazone groups is 1. The Morgan fingerprint density at radius 2 is 1.74 bits per heavy atom. The van der Waals surface area contributed by atoms with E-state index in [1.807, 2.05) is 44.2 Å². The average Bonchev–Trinajstić information content (AvgIpc) is 2.78. The number of carbonyl (C=O) groups is 1. The third-order valence-electron chi connectivity index (χ3n) is 4.41. The molecule has 2 aromatic carbocycles. The Morgan fingerprint density at radius 1 is 1.00 bits per heavy atom. The Labute approximate surface area is 180 Å². The molecule has 0 aliphatic heterocycles. The van der Waals surface area contributed by atoms with E-state index in [0.29, 0.717) is 31.3 Å². The molecule has 0 bridgehead atoms. The second-order valence-electron chi connectivity index (χ2n) is 6.61. The van der Waals surface area contributed by atoms with E-state index in [1.165, 1.54) is 16.8 Å². The number of hydrogen-bond donors (Lipinski definition) is 1. The lowest BCUT2D eigenvalue weighted by Crippen LogP contribution is -2.30. The number of nitrogens with one attached hydrogen (secondary N) is 1. The number of ether oxygens (including phenoxy) is 2. The molecule has 1 heterocycles. The van der Waals surface area contributed by atoms with Crippen LogP contribution in [0.4, 0.5) is 0 Å². The summed E-state index contributed by atoms with van der Waals surface area (Å²) in [5.74, 6) is 0.680. The van der Waals surface area contributed by atoms with Gasteiger partial charge in [-0.2, -0.15) is 5.10 Å². The number of carbonyl (C=O) groups excluding carboxylic acids is 1. The van der Waals surface area contributed by atoms with Gasteiger partial charge in [-0.1, -0.05) is 30.3 Å². The highest BCUT2D eigenvalue weighted by Crippen LogP contribution is 2.27. The average molecular weight is 419 g/mol. The van der Waals surface area contributed by atoms with Gasteiger partial charge in [0.15, 0.2) is 11.5 Å². The Hall–Kier alpha value is -3.87.